The van der Waals surface area contributed by atoms with E-state index in [1.807, 2.05) is 27.7 Å². The van der Waals surface area contributed by atoms with Crippen LogP contribution in [0, 0.1) is 17.3 Å². The minimum absolute atomic E-state index is 0.00463. The summed E-state index contributed by atoms with van der Waals surface area (Å²) in [5.41, 5.74) is -0.0549. The molecule has 0 aromatic rings. The highest BCUT2D eigenvalue weighted by molar-refractivity contribution is 6.10. The highest BCUT2D eigenvalue weighted by Gasteiger charge is 2.71. The molecule has 0 aromatic heterocycles. The third kappa shape index (κ3) is 1.10. The summed E-state index contributed by atoms with van der Waals surface area (Å²) in [4.78, 5) is 23.8. The van der Waals surface area contributed by atoms with Crippen molar-refractivity contribution in [1.82, 2.24) is 4.90 Å². The number of hydrogen-bond donors (Lipinski definition) is 0. The summed E-state index contributed by atoms with van der Waals surface area (Å²) < 4.78 is 0. The maximum Gasteiger partial charge on any atom is 0.233 e. The zero-order chi connectivity index (χ0) is 10.4. The van der Waals surface area contributed by atoms with Crippen LogP contribution in [0.5, 0.6) is 0 Å². The van der Waals surface area contributed by atoms with Gasteiger partial charge in [-0.15, -0.1) is 0 Å². The van der Waals surface area contributed by atoms with Gasteiger partial charge in [0, 0.05) is 7.05 Å². The summed E-state index contributed by atoms with van der Waals surface area (Å²) in [5.74, 6) is -0.0185. The summed E-state index contributed by atoms with van der Waals surface area (Å²) in [6.07, 6.45) is 0. The lowest BCUT2D eigenvalue weighted by Gasteiger charge is -2.14. The van der Waals surface area contributed by atoms with E-state index in [1.165, 1.54) is 4.90 Å². The Hall–Kier alpha value is -0.860. The molecule has 1 aliphatic carbocycles. The minimum Gasteiger partial charge on any atom is -0.285 e. The van der Waals surface area contributed by atoms with Crippen LogP contribution >= 0.6 is 0 Å². The van der Waals surface area contributed by atoms with Gasteiger partial charge in [-0.25, -0.2) is 0 Å². The number of hydrogen-bond acceptors (Lipinski definition) is 2. The Morgan fingerprint density at radius 3 is 1.62 bits per heavy atom. The fourth-order valence-corrected chi connectivity index (χ4v) is 2.09. The zero-order valence-corrected chi connectivity index (χ0v) is 8.92. The molecule has 2 aliphatic rings. The van der Waals surface area contributed by atoms with E-state index in [9.17, 15) is 9.59 Å². The predicted molar refractivity (Wildman–Crippen MR) is 49.9 cm³/mol. The second-order valence-corrected chi connectivity index (χ2v) is 4.01. The molecule has 2 fully saturated rings. The van der Waals surface area contributed by atoms with Crippen molar-refractivity contribution in [3.8, 4) is 0 Å². The number of imide groups is 1. The number of nitrogens with zero attached hydrogens (tertiary/aromatic N) is 1. The van der Waals surface area contributed by atoms with Gasteiger partial charge in [-0.2, -0.15) is 0 Å². The number of amides is 2. The average Bonchev–Trinajstić information content (AvgIpc) is 2.59. The van der Waals surface area contributed by atoms with Gasteiger partial charge < -0.3 is 0 Å². The average molecular weight is 183 g/mol. The summed E-state index contributed by atoms with van der Waals surface area (Å²) >= 11 is 0. The van der Waals surface area contributed by atoms with Crippen LogP contribution in [-0.2, 0) is 9.59 Å². The Morgan fingerprint density at radius 1 is 1.08 bits per heavy atom. The Labute approximate surface area is 79.1 Å². The zero-order valence-electron chi connectivity index (χ0n) is 8.92. The monoisotopic (exact) mass is 183 g/mol. The molecule has 13 heavy (non-hydrogen) atoms. The molecule has 3 nitrogen and oxygen atoms in total. The van der Waals surface area contributed by atoms with Gasteiger partial charge in [-0.05, 0) is 5.41 Å². The fraction of sp³-hybridized carbons (Fsp3) is 0.800. The SMILES string of the molecule is CC.CN1C(=O)C2C(C1=O)C2(C)C. The van der Waals surface area contributed by atoms with Crippen molar-refractivity contribution in [2.24, 2.45) is 17.3 Å². The van der Waals surface area contributed by atoms with Gasteiger partial charge in [0.05, 0.1) is 11.8 Å². The smallest absolute Gasteiger partial charge is 0.233 e. The van der Waals surface area contributed by atoms with Crippen molar-refractivity contribution in [1.29, 1.82) is 0 Å². The second kappa shape index (κ2) is 2.82. The topological polar surface area (TPSA) is 37.4 Å². The fourth-order valence-electron chi connectivity index (χ4n) is 2.09. The van der Waals surface area contributed by atoms with Crippen molar-refractivity contribution < 1.29 is 9.59 Å². The third-order valence-corrected chi connectivity index (χ3v) is 3.02. The van der Waals surface area contributed by atoms with Crippen LogP contribution in [0.2, 0.25) is 0 Å². The van der Waals surface area contributed by atoms with E-state index in [1.54, 1.807) is 7.05 Å². The molecule has 1 saturated heterocycles. The molecule has 2 atom stereocenters. The van der Waals surface area contributed by atoms with Crippen LogP contribution in [-0.4, -0.2) is 23.8 Å². The molecule has 1 heterocycles. The summed E-state index contributed by atoms with van der Waals surface area (Å²) in [7, 11) is 1.56. The van der Waals surface area contributed by atoms with E-state index >= 15 is 0 Å². The van der Waals surface area contributed by atoms with Gasteiger partial charge in [0.1, 0.15) is 0 Å². The van der Waals surface area contributed by atoms with Crippen LogP contribution < -0.4 is 0 Å². The molecular weight excluding hydrogens is 166 g/mol. The molecular formula is C10H17NO2. The van der Waals surface area contributed by atoms with Gasteiger partial charge in [-0.1, -0.05) is 27.7 Å². The van der Waals surface area contributed by atoms with Crippen molar-refractivity contribution in [2.45, 2.75) is 27.7 Å². The van der Waals surface area contributed by atoms with Gasteiger partial charge in [0.2, 0.25) is 11.8 Å². The van der Waals surface area contributed by atoms with Crippen LogP contribution in [0.1, 0.15) is 27.7 Å². The molecule has 0 radical (unpaired) electrons. The van der Waals surface area contributed by atoms with Crippen LogP contribution in [0.25, 0.3) is 0 Å². The van der Waals surface area contributed by atoms with Gasteiger partial charge in [0.15, 0.2) is 0 Å². The summed E-state index contributed by atoms with van der Waals surface area (Å²) in [6.45, 7) is 7.95. The second-order valence-electron chi connectivity index (χ2n) is 4.01. The van der Waals surface area contributed by atoms with E-state index in [2.05, 4.69) is 0 Å². The molecule has 2 amide bonds. The molecule has 74 valence electrons. The quantitative estimate of drug-likeness (QED) is 0.530. The Bertz CT molecular complexity index is 234. The van der Waals surface area contributed by atoms with Crippen molar-refractivity contribution in [2.75, 3.05) is 7.05 Å². The van der Waals surface area contributed by atoms with Gasteiger partial charge in [0.25, 0.3) is 0 Å². The normalized spacial score (nSPS) is 33.8. The molecule has 1 saturated carbocycles. The number of piperidine rings is 1. The first kappa shape index (κ1) is 10.2. The number of likely N-dealkylation sites (tertiary alicyclic amines) is 1. The molecule has 1 aliphatic heterocycles. The number of carbonyl (C=O) groups excluding carboxylic acids is 2. The summed E-state index contributed by atoms with van der Waals surface area (Å²) in [5, 5.41) is 0. The van der Waals surface area contributed by atoms with Crippen molar-refractivity contribution in [3.05, 3.63) is 0 Å². The Kier molecular flexibility index (Phi) is 2.22. The van der Waals surface area contributed by atoms with E-state index < -0.39 is 0 Å². The Morgan fingerprint density at radius 2 is 1.38 bits per heavy atom. The Balaban J connectivity index is 0.000000396. The minimum atomic E-state index is -0.0549. The van der Waals surface area contributed by atoms with E-state index in [4.69, 9.17) is 0 Å². The standard InChI is InChI=1S/C8H11NO2.C2H6/c1-8(2)4-5(8)7(11)9(3)6(4)10;1-2/h4-5H,1-3H3;1-2H3. The first-order chi connectivity index (χ1) is 5.98. The highest BCUT2D eigenvalue weighted by atomic mass is 16.2. The summed E-state index contributed by atoms with van der Waals surface area (Å²) in [6, 6.07) is 0. The molecule has 2 unspecified atom stereocenters. The largest absolute Gasteiger partial charge is 0.285 e. The maximum atomic E-state index is 11.3. The lowest BCUT2D eigenvalue weighted by atomic mass is 10.1. The van der Waals surface area contributed by atoms with E-state index in [0.29, 0.717) is 0 Å². The van der Waals surface area contributed by atoms with Gasteiger partial charge >= 0.3 is 0 Å². The van der Waals surface area contributed by atoms with E-state index in [-0.39, 0.29) is 29.1 Å². The van der Waals surface area contributed by atoms with Crippen LogP contribution in [0.4, 0.5) is 0 Å². The number of carbonyl (C=O) groups is 2. The molecule has 3 heteroatoms. The molecule has 0 bridgehead atoms. The first-order valence-electron chi connectivity index (χ1n) is 4.79. The lowest BCUT2D eigenvalue weighted by molar-refractivity contribution is -0.141. The van der Waals surface area contributed by atoms with Crippen molar-refractivity contribution in [3.63, 3.8) is 0 Å². The van der Waals surface area contributed by atoms with Crippen molar-refractivity contribution >= 4 is 11.8 Å². The predicted octanol–water partition coefficient (Wildman–Crippen LogP) is 1.28. The third-order valence-electron chi connectivity index (χ3n) is 3.02. The maximum absolute atomic E-state index is 11.3. The number of fused-ring (bicyclic) bond motifs is 1. The number of rotatable bonds is 0. The molecule has 0 spiro atoms. The first-order valence-corrected chi connectivity index (χ1v) is 4.79. The highest BCUT2D eigenvalue weighted by Crippen LogP contribution is 2.62. The van der Waals surface area contributed by atoms with E-state index in [0.717, 1.165) is 0 Å². The van der Waals surface area contributed by atoms with Crippen LogP contribution in [0.15, 0.2) is 0 Å². The molecule has 2 rings (SSSR count). The lowest BCUT2D eigenvalue weighted by Crippen LogP contribution is -2.32. The molecule has 0 aromatic carbocycles. The van der Waals surface area contributed by atoms with Crippen LogP contribution in [0.3, 0.4) is 0 Å². The molecule has 0 N–H and O–H groups in total. The van der Waals surface area contributed by atoms with Gasteiger partial charge in [-0.3, -0.25) is 14.5 Å².